The second-order valence-electron chi connectivity index (χ2n) is 5.17. The van der Waals surface area contributed by atoms with Gasteiger partial charge in [0.25, 0.3) is 5.91 Å². The SMILES string of the molecule is O=C(NC1CCC(C(F)(F)F)CC1)c1cccc(Br)c1Cl. The minimum Gasteiger partial charge on any atom is -0.349 e. The Morgan fingerprint density at radius 2 is 1.86 bits per heavy atom. The van der Waals surface area contributed by atoms with E-state index in [1.54, 1.807) is 18.2 Å². The number of rotatable bonds is 2. The van der Waals surface area contributed by atoms with Crippen molar-refractivity contribution < 1.29 is 18.0 Å². The number of hydrogen-bond donors (Lipinski definition) is 1. The lowest BCUT2D eigenvalue weighted by Gasteiger charge is -2.30. The smallest absolute Gasteiger partial charge is 0.349 e. The van der Waals surface area contributed by atoms with E-state index in [1.807, 2.05) is 0 Å². The first-order valence-electron chi connectivity index (χ1n) is 6.60. The molecule has 2 rings (SSSR count). The van der Waals surface area contributed by atoms with E-state index < -0.39 is 12.1 Å². The van der Waals surface area contributed by atoms with Crippen molar-refractivity contribution in [1.82, 2.24) is 5.32 Å². The molecule has 0 bridgehead atoms. The number of benzene rings is 1. The maximum atomic E-state index is 12.6. The molecule has 1 amide bonds. The van der Waals surface area contributed by atoms with Crippen molar-refractivity contribution in [3.8, 4) is 0 Å². The normalized spacial score (nSPS) is 22.9. The van der Waals surface area contributed by atoms with Gasteiger partial charge in [-0.05, 0) is 53.7 Å². The first-order valence-corrected chi connectivity index (χ1v) is 7.77. The molecule has 2 nitrogen and oxygen atoms in total. The van der Waals surface area contributed by atoms with Gasteiger partial charge >= 0.3 is 6.18 Å². The molecule has 0 spiro atoms. The van der Waals surface area contributed by atoms with Gasteiger partial charge in [0.1, 0.15) is 0 Å². The van der Waals surface area contributed by atoms with Gasteiger partial charge in [0.15, 0.2) is 0 Å². The van der Waals surface area contributed by atoms with Crippen LogP contribution in [0.15, 0.2) is 22.7 Å². The lowest BCUT2D eigenvalue weighted by Crippen LogP contribution is -2.40. The highest BCUT2D eigenvalue weighted by Gasteiger charge is 2.41. The zero-order chi connectivity index (χ0) is 15.6. The fourth-order valence-electron chi connectivity index (χ4n) is 2.51. The Balaban J connectivity index is 1.95. The average molecular weight is 385 g/mol. The summed E-state index contributed by atoms with van der Waals surface area (Å²) in [5.41, 5.74) is 0.323. The van der Waals surface area contributed by atoms with Gasteiger partial charge in [-0.15, -0.1) is 0 Å². The molecule has 1 fully saturated rings. The molecule has 0 atom stereocenters. The highest BCUT2D eigenvalue weighted by molar-refractivity contribution is 9.10. The summed E-state index contributed by atoms with van der Waals surface area (Å²) in [6, 6.07) is 4.76. The number of amides is 1. The lowest BCUT2D eigenvalue weighted by atomic mass is 9.85. The third-order valence-electron chi connectivity index (χ3n) is 3.72. The second kappa shape index (κ2) is 6.57. The molecule has 1 aromatic carbocycles. The summed E-state index contributed by atoms with van der Waals surface area (Å²) < 4.78 is 38.4. The highest BCUT2D eigenvalue weighted by atomic mass is 79.9. The molecular weight excluding hydrogens is 371 g/mol. The predicted octanol–water partition coefficient (Wildman–Crippen LogP) is 4.95. The first-order chi connectivity index (χ1) is 9.79. The topological polar surface area (TPSA) is 29.1 Å². The molecule has 7 heteroatoms. The number of carbonyl (C=O) groups excluding carboxylic acids is 1. The number of alkyl halides is 3. The van der Waals surface area contributed by atoms with Crippen molar-refractivity contribution in [2.45, 2.75) is 37.9 Å². The molecule has 21 heavy (non-hydrogen) atoms. The summed E-state index contributed by atoms with van der Waals surface area (Å²) in [7, 11) is 0. The van der Waals surface area contributed by atoms with Crippen molar-refractivity contribution >= 4 is 33.4 Å². The summed E-state index contributed by atoms with van der Waals surface area (Å²) >= 11 is 9.26. The monoisotopic (exact) mass is 383 g/mol. The number of nitrogens with one attached hydrogen (secondary N) is 1. The molecule has 1 N–H and O–H groups in total. The molecular formula is C14H14BrClF3NO. The van der Waals surface area contributed by atoms with Crippen molar-refractivity contribution in [3.63, 3.8) is 0 Å². The number of carbonyl (C=O) groups is 1. The van der Waals surface area contributed by atoms with Gasteiger partial charge in [0.2, 0.25) is 0 Å². The van der Waals surface area contributed by atoms with E-state index >= 15 is 0 Å². The largest absolute Gasteiger partial charge is 0.391 e. The molecule has 116 valence electrons. The van der Waals surface area contributed by atoms with Crippen LogP contribution in [0.1, 0.15) is 36.0 Å². The van der Waals surface area contributed by atoms with Gasteiger partial charge in [-0.25, -0.2) is 0 Å². The van der Waals surface area contributed by atoms with E-state index in [0.29, 0.717) is 27.9 Å². The van der Waals surface area contributed by atoms with E-state index in [-0.39, 0.29) is 24.8 Å². The van der Waals surface area contributed by atoms with Crippen LogP contribution in [-0.2, 0) is 0 Å². The van der Waals surface area contributed by atoms with Gasteiger partial charge in [-0.1, -0.05) is 17.7 Å². The van der Waals surface area contributed by atoms with Crippen LogP contribution in [0.4, 0.5) is 13.2 Å². The van der Waals surface area contributed by atoms with Gasteiger partial charge in [0.05, 0.1) is 16.5 Å². The molecule has 1 aliphatic carbocycles. The van der Waals surface area contributed by atoms with E-state index in [4.69, 9.17) is 11.6 Å². The van der Waals surface area contributed by atoms with Gasteiger partial charge < -0.3 is 5.32 Å². The summed E-state index contributed by atoms with van der Waals surface area (Å²) in [5.74, 6) is -1.60. The Morgan fingerprint density at radius 1 is 1.24 bits per heavy atom. The Morgan fingerprint density at radius 3 is 2.43 bits per heavy atom. The standard InChI is InChI=1S/C14H14BrClF3NO/c15-11-3-1-2-10(12(11)16)13(21)20-9-6-4-8(5-7-9)14(17,18)19/h1-3,8-9H,4-7H2,(H,20,21). The van der Waals surface area contributed by atoms with Crippen LogP contribution in [0.25, 0.3) is 0 Å². The third-order valence-corrected chi connectivity index (χ3v) is 5.02. The van der Waals surface area contributed by atoms with Crippen LogP contribution >= 0.6 is 27.5 Å². The second-order valence-corrected chi connectivity index (χ2v) is 6.40. The average Bonchev–Trinajstić information content (AvgIpc) is 2.41. The Bertz CT molecular complexity index is 527. The number of halogens is 5. The van der Waals surface area contributed by atoms with E-state index in [9.17, 15) is 18.0 Å². The summed E-state index contributed by atoms with van der Waals surface area (Å²) in [6.07, 6.45) is -3.35. The zero-order valence-electron chi connectivity index (χ0n) is 11.0. The van der Waals surface area contributed by atoms with Gasteiger partial charge in [-0.3, -0.25) is 4.79 Å². The lowest BCUT2D eigenvalue weighted by molar-refractivity contribution is -0.182. The molecule has 1 aliphatic rings. The van der Waals surface area contributed by atoms with Crippen molar-refractivity contribution in [1.29, 1.82) is 0 Å². The molecule has 0 saturated heterocycles. The predicted molar refractivity (Wildman–Crippen MR) is 78.4 cm³/mol. The zero-order valence-corrected chi connectivity index (χ0v) is 13.4. The maximum absolute atomic E-state index is 12.6. The molecule has 0 aliphatic heterocycles. The minimum atomic E-state index is -4.14. The van der Waals surface area contributed by atoms with Crippen molar-refractivity contribution in [2.75, 3.05) is 0 Å². The van der Waals surface area contributed by atoms with E-state index in [1.165, 1.54) is 0 Å². The first kappa shape index (κ1) is 16.6. The Hall–Kier alpha value is -0.750. The Labute approximate surface area is 134 Å². The maximum Gasteiger partial charge on any atom is 0.391 e. The Kier molecular flexibility index (Phi) is 5.20. The third kappa shape index (κ3) is 4.13. The highest BCUT2D eigenvalue weighted by Crippen LogP contribution is 2.37. The minimum absolute atomic E-state index is 0.0562. The number of hydrogen-bond acceptors (Lipinski definition) is 1. The summed E-state index contributed by atoms with van der Waals surface area (Å²) in [4.78, 5) is 12.1. The van der Waals surface area contributed by atoms with Gasteiger partial charge in [0, 0.05) is 10.5 Å². The van der Waals surface area contributed by atoms with Crippen molar-refractivity contribution in [2.24, 2.45) is 5.92 Å². The molecule has 1 saturated carbocycles. The van der Waals surface area contributed by atoms with Gasteiger partial charge in [-0.2, -0.15) is 13.2 Å². The molecule has 1 aromatic rings. The van der Waals surface area contributed by atoms with Crippen molar-refractivity contribution in [3.05, 3.63) is 33.3 Å². The molecule has 0 radical (unpaired) electrons. The van der Waals surface area contributed by atoms with Crippen LogP contribution in [0, 0.1) is 5.92 Å². The fraction of sp³-hybridized carbons (Fsp3) is 0.500. The van der Waals surface area contributed by atoms with Crippen LogP contribution in [0.5, 0.6) is 0 Å². The molecule has 0 unspecified atom stereocenters. The summed E-state index contributed by atoms with van der Waals surface area (Å²) in [6.45, 7) is 0. The molecule has 0 heterocycles. The quantitative estimate of drug-likeness (QED) is 0.768. The fourth-order valence-corrected chi connectivity index (χ4v) is 3.09. The van der Waals surface area contributed by atoms with Crippen LogP contribution in [0.2, 0.25) is 5.02 Å². The van der Waals surface area contributed by atoms with Crippen LogP contribution in [-0.4, -0.2) is 18.1 Å². The van der Waals surface area contributed by atoms with E-state index in [0.717, 1.165) is 0 Å². The molecule has 0 aromatic heterocycles. The summed E-state index contributed by atoms with van der Waals surface area (Å²) in [5, 5.41) is 3.07. The van der Waals surface area contributed by atoms with Crippen LogP contribution < -0.4 is 5.32 Å². The van der Waals surface area contributed by atoms with E-state index in [2.05, 4.69) is 21.2 Å². The van der Waals surface area contributed by atoms with Crippen LogP contribution in [0.3, 0.4) is 0 Å².